The lowest BCUT2D eigenvalue weighted by Gasteiger charge is -1.99. The predicted octanol–water partition coefficient (Wildman–Crippen LogP) is 2.38. The minimum absolute atomic E-state index is 0.401. The average Bonchev–Trinajstić information content (AvgIpc) is 3.00. The molecule has 0 aliphatic heterocycles. The number of carbonyl (C=O) groups excluding carboxylic acids is 1. The summed E-state index contributed by atoms with van der Waals surface area (Å²) in [6, 6.07) is 5.84. The minimum Gasteiger partial charge on any atom is -0.300 e. The SMILES string of the molecule is O=C(CCc1ccccn1)CC1CC1. The highest BCUT2D eigenvalue weighted by Crippen LogP contribution is 2.32. The molecule has 2 rings (SSSR count). The summed E-state index contributed by atoms with van der Waals surface area (Å²) in [7, 11) is 0. The number of hydrogen-bond donors (Lipinski definition) is 0. The molecule has 0 atom stereocenters. The molecule has 1 aromatic heterocycles. The average molecular weight is 189 g/mol. The van der Waals surface area contributed by atoms with Gasteiger partial charge in [-0.15, -0.1) is 0 Å². The Balaban J connectivity index is 1.73. The number of hydrogen-bond acceptors (Lipinski definition) is 2. The maximum atomic E-state index is 11.4. The highest BCUT2D eigenvalue weighted by atomic mass is 16.1. The van der Waals surface area contributed by atoms with Crippen LogP contribution < -0.4 is 0 Å². The summed E-state index contributed by atoms with van der Waals surface area (Å²) in [5, 5.41) is 0. The van der Waals surface area contributed by atoms with Crippen LogP contribution in [0.3, 0.4) is 0 Å². The van der Waals surface area contributed by atoms with Crippen LogP contribution in [-0.4, -0.2) is 10.8 Å². The van der Waals surface area contributed by atoms with E-state index >= 15 is 0 Å². The molecule has 14 heavy (non-hydrogen) atoms. The second-order valence-electron chi connectivity index (χ2n) is 4.01. The number of carbonyl (C=O) groups is 1. The largest absolute Gasteiger partial charge is 0.300 e. The zero-order valence-corrected chi connectivity index (χ0v) is 8.28. The van der Waals surface area contributed by atoms with E-state index in [-0.39, 0.29) is 0 Å². The first kappa shape index (κ1) is 9.38. The number of nitrogens with zero attached hydrogens (tertiary/aromatic N) is 1. The van der Waals surface area contributed by atoms with Gasteiger partial charge in [0.1, 0.15) is 5.78 Å². The van der Waals surface area contributed by atoms with Crippen LogP contribution in [0.2, 0.25) is 0 Å². The Kier molecular flexibility index (Phi) is 2.92. The third-order valence-corrected chi connectivity index (χ3v) is 2.60. The number of Topliss-reactive ketones (excluding diaryl/α,β-unsaturated/α-hetero) is 1. The molecule has 0 N–H and O–H groups in total. The molecule has 0 aromatic carbocycles. The van der Waals surface area contributed by atoms with Gasteiger partial charge in [0.25, 0.3) is 0 Å². The zero-order chi connectivity index (χ0) is 9.80. The number of aryl methyl sites for hydroxylation is 1. The number of aromatic nitrogens is 1. The van der Waals surface area contributed by atoms with Gasteiger partial charge >= 0.3 is 0 Å². The molecule has 0 bridgehead atoms. The third-order valence-electron chi connectivity index (χ3n) is 2.60. The van der Waals surface area contributed by atoms with Crippen LogP contribution in [0.5, 0.6) is 0 Å². The Morgan fingerprint density at radius 1 is 1.43 bits per heavy atom. The fourth-order valence-corrected chi connectivity index (χ4v) is 1.56. The summed E-state index contributed by atoms with van der Waals surface area (Å²) in [5.74, 6) is 1.12. The highest BCUT2D eigenvalue weighted by Gasteiger charge is 2.23. The molecule has 0 spiro atoms. The van der Waals surface area contributed by atoms with Gasteiger partial charge in [-0.1, -0.05) is 6.07 Å². The molecular formula is C12H15NO. The molecule has 1 aliphatic carbocycles. The Bertz CT molecular complexity index is 303. The van der Waals surface area contributed by atoms with Crippen molar-refractivity contribution in [2.75, 3.05) is 0 Å². The van der Waals surface area contributed by atoms with E-state index in [2.05, 4.69) is 4.98 Å². The van der Waals surface area contributed by atoms with Gasteiger partial charge in [0.15, 0.2) is 0 Å². The van der Waals surface area contributed by atoms with Crippen molar-refractivity contribution in [2.24, 2.45) is 5.92 Å². The molecule has 1 fully saturated rings. The first-order valence-corrected chi connectivity index (χ1v) is 5.26. The van der Waals surface area contributed by atoms with Crippen molar-refractivity contribution in [3.63, 3.8) is 0 Å². The van der Waals surface area contributed by atoms with Crippen LogP contribution in [0.4, 0.5) is 0 Å². The van der Waals surface area contributed by atoms with E-state index in [0.717, 1.165) is 18.5 Å². The van der Waals surface area contributed by atoms with Crippen molar-refractivity contribution >= 4 is 5.78 Å². The molecule has 0 radical (unpaired) electrons. The molecule has 0 amide bonds. The van der Waals surface area contributed by atoms with E-state index in [1.54, 1.807) is 6.20 Å². The molecule has 0 saturated heterocycles. The predicted molar refractivity (Wildman–Crippen MR) is 54.9 cm³/mol. The van der Waals surface area contributed by atoms with Gasteiger partial charge in [-0.05, 0) is 37.3 Å². The zero-order valence-electron chi connectivity index (χ0n) is 8.28. The highest BCUT2D eigenvalue weighted by molar-refractivity contribution is 5.79. The lowest BCUT2D eigenvalue weighted by molar-refractivity contribution is -0.119. The first-order valence-electron chi connectivity index (χ1n) is 5.26. The van der Waals surface area contributed by atoms with Gasteiger partial charge in [-0.2, -0.15) is 0 Å². The maximum absolute atomic E-state index is 11.4. The summed E-state index contributed by atoms with van der Waals surface area (Å²) < 4.78 is 0. The standard InChI is InChI=1S/C12H15NO/c14-12(9-10-4-5-10)7-6-11-3-1-2-8-13-11/h1-3,8,10H,4-7,9H2. The van der Waals surface area contributed by atoms with Crippen molar-refractivity contribution in [1.29, 1.82) is 0 Å². The first-order chi connectivity index (χ1) is 6.84. The third kappa shape index (κ3) is 2.95. The summed E-state index contributed by atoms with van der Waals surface area (Å²) in [6.45, 7) is 0. The smallest absolute Gasteiger partial charge is 0.133 e. The summed E-state index contributed by atoms with van der Waals surface area (Å²) in [6.07, 6.45) is 6.55. The lowest BCUT2D eigenvalue weighted by atomic mass is 10.1. The number of ketones is 1. The van der Waals surface area contributed by atoms with E-state index < -0.39 is 0 Å². The number of rotatable bonds is 5. The van der Waals surface area contributed by atoms with E-state index in [9.17, 15) is 4.79 Å². The van der Waals surface area contributed by atoms with Crippen molar-refractivity contribution in [1.82, 2.24) is 4.98 Å². The second kappa shape index (κ2) is 4.36. The van der Waals surface area contributed by atoms with Crippen LogP contribution in [0.25, 0.3) is 0 Å². The van der Waals surface area contributed by atoms with E-state index in [1.165, 1.54) is 12.8 Å². The molecule has 1 heterocycles. The van der Waals surface area contributed by atoms with Gasteiger partial charge in [0, 0.05) is 24.7 Å². The van der Waals surface area contributed by atoms with Gasteiger partial charge in [-0.3, -0.25) is 9.78 Å². The fraction of sp³-hybridized carbons (Fsp3) is 0.500. The molecule has 0 unspecified atom stereocenters. The van der Waals surface area contributed by atoms with Crippen LogP contribution in [-0.2, 0) is 11.2 Å². The van der Waals surface area contributed by atoms with E-state index in [1.807, 2.05) is 18.2 Å². The van der Waals surface area contributed by atoms with E-state index in [4.69, 9.17) is 0 Å². The lowest BCUT2D eigenvalue weighted by Crippen LogP contribution is -2.01. The van der Waals surface area contributed by atoms with E-state index in [0.29, 0.717) is 18.1 Å². The molecule has 1 aliphatic rings. The summed E-state index contributed by atoms with van der Waals surface area (Å²) >= 11 is 0. The monoisotopic (exact) mass is 189 g/mol. The Labute approximate surface area is 84.4 Å². The van der Waals surface area contributed by atoms with Gasteiger partial charge < -0.3 is 0 Å². The normalized spacial score (nSPS) is 15.4. The molecular weight excluding hydrogens is 174 g/mol. The van der Waals surface area contributed by atoms with Crippen LogP contribution in [0, 0.1) is 5.92 Å². The Morgan fingerprint density at radius 3 is 2.93 bits per heavy atom. The second-order valence-corrected chi connectivity index (χ2v) is 4.01. The van der Waals surface area contributed by atoms with Gasteiger partial charge in [0.2, 0.25) is 0 Å². The van der Waals surface area contributed by atoms with Crippen molar-refractivity contribution in [2.45, 2.75) is 32.1 Å². The van der Waals surface area contributed by atoms with Crippen LogP contribution in [0.15, 0.2) is 24.4 Å². The van der Waals surface area contributed by atoms with Crippen LogP contribution >= 0.6 is 0 Å². The molecule has 2 nitrogen and oxygen atoms in total. The quantitative estimate of drug-likeness (QED) is 0.711. The molecule has 74 valence electrons. The van der Waals surface area contributed by atoms with Gasteiger partial charge in [0.05, 0.1) is 0 Å². The minimum atomic E-state index is 0.401. The van der Waals surface area contributed by atoms with Crippen molar-refractivity contribution < 1.29 is 4.79 Å². The van der Waals surface area contributed by atoms with Crippen LogP contribution in [0.1, 0.15) is 31.4 Å². The Hall–Kier alpha value is -1.18. The summed E-state index contributed by atoms with van der Waals surface area (Å²) in [4.78, 5) is 15.6. The van der Waals surface area contributed by atoms with Gasteiger partial charge in [-0.25, -0.2) is 0 Å². The maximum Gasteiger partial charge on any atom is 0.133 e. The topological polar surface area (TPSA) is 30.0 Å². The molecule has 1 aromatic rings. The summed E-state index contributed by atoms with van der Waals surface area (Å²) in [5.41, 5.74) is 1.02. The molecule has 2 heteroatoms. The van der Waals surface area contributed by atoms with Crippen molar-refractivity contribution in [3.05, 3.63) is 30.1 Å². The molecule has 1 saturated carbocycles. The Morgan fingerprint density at radius 2 is 2.29 bits per heavy atom. The number of pyridine rings is 1. The van der Waals surface area contributed by atoms with Crippen molar-refractivity contribution in [3.8, 4) is 0 Å². The fourth-order valence-electron chi connectivity index (χ4n) is 1.56.